The van der Waals surface area contributed by atoms with Gasteiger partial charge in [-0.3, -0.25) is 0 Å². The van der Waals surface area contributed by atoms with E-state index in [1.54, 1.807) is 0 Å². The zero-order valence-corrected chi connectivity index (χ0v) is 10.2. The Kier molecular flexibility index (Phi) is 4.51. The molecule has 0 saturated carbocycles. The van der Waals surface area contributed by atoms with Crippen LogP contribution in [0.1, 0.15) is 13.8 Å². The van der Waals surface area contributed by atoms with E-state index in [-0.39, 0.29) is 18.5 Å². The van der Waals surface area contributed by atoms with E-state index in [1.807, 2.05) is 13.8 Å². The summed E-state index contributed by atoms with van der Waals surface area (Å²) in [4.78, 5) is 0. The third-order valence-corrected chi connectivity index (χ3v) is 4.21. The third-order valence-electron chi connectivity index (χ3n) is 2.44. The molecule has 15 heavy (non-hydrogen) atoms. The monoisotopic (exact) mass is 236 g/mol. The molecule has 5 nitrogen and oxygen atoms in total. The molecule has 0 aromatic rings. The van der Waals surface area contributed by atoms with Crippen LogP contribution in [0.25, 0.3) is 0 Å². The second-order valence-electron chi connectivity index (χ2n) is 4.15. The van der Waals surface area contributed by atoms with Crippen LogP contribution in [0.4, 0.5) is 0 Å². The Hall–Kier alpha value is -0.170. The summed E-state index contributed by atoms with van der Waals surface area (Å²) in [5, 5.41) is 0. The van der Waals surface area contributed by atoms with Gasteiger partial charge in [0.2, 0.25) is 10.0 Å². The summed E-state index contributed by atoms with van der Waals surface area (Å²) in [5.74, 6) is 0.411. The van der Waals surface area contributed by atoms with Gasteiger partial charge in [0.15, 0.2) is 0 Å². The number of hydrogen-bond donors (Lipinski definition) is 1. The summed E-state index contributed by atoms with van der Waals surface area (Å²) >= 11 is 0. The van der Waals surface area contributed by atoms with Crippen LogP contribution in [-0.2, 0) is 14.8 Å². The highest BCUT2D eigenvalue weighted by molar-refractivity contribution is 7.89. The van der Waals surface area contributed by atoms with E-state index in [0.717, 1.165) is 0 Å². The van der Waals surface area contributed by atoms with E-state index >= 15 is 0 Å². The Labute approximate surface area is 91.6 Å². The molecule has 1 rings (SSSR count). The maximum Gasteiger partial charge on any atom is 0.216 e. The minimum Gasteiger partial charge on any atom is -0.378 e. The quantitative estimate of drug-likeness (QED) is 0.683. The van der Waals surface area contributed by atoms with Crippen LogP contribution in [0.15, 0.2) is 0 Å². The lowest BCUT2D eigenvalue weighted by Crippen LogP contribution is -2.53. The number of rotatable bonds is 6. The molecule has 1 aliphatic heterocycles. The minimum atomic E-state index is -3.11. The lowest BCUT2D eigenvalue weighted by molar-refractivity contribution is 0.0898. The molecule has 0 unspecified atom stereocenters. The molecule has 0 atom stereocenters. The van der Waals surface area contributed by atoms with E-state index in [1.165, 1.54) is 4.31 Å². The Balaban J connectivity index is 2.28. The number of hydrogen-bond acceptors (Lipinski definition) is 4. The van der Waals surface area contributed by atoms with Crippen molar-refractivity contribution in [1.82, 2.24) is 4.31 Å². The summed E-state index contributed by atoms with van der Waals surface area (Å²) in [7, 11) is -3.11. The SMILES string of the molecule is CC(C)OCCS(=O)(=O)N1CC(CN)C1. The van der Waals surface area contributed by atoms with E-state index in [2.05, 4.69) is 0 Å². The second-order valence-corrected chi connectivity index (χ2v) is 6.24. The van der Waals surface area contributed by atoms with Crippen molar-refractivity contribution < 1.29 is 13.2 Å². The molecule has 6 heteroatoms. The summed E-state index contributed by atoms with van der Waals surface area (Å²) < 4.78 is 30.0. The van der Waals surface area contributed by atoms with Crippen LogP contribution in [-0.4, -0.2) is 50.8 Å². The van der Waals surface area contributed by atoms with Gasteiger partial charge in [-0.2, -0.15) is 0 Å². The molecule has 0 aromatic heterocycles. The molecule has 0 spiro atoms. The Bertz CT molecular complexity index is 284. The molecular weight excluding hydrogens is 216 g/mol. The molecule has 90 valence electrons. The number of sulfonamides is 1. The fourth-order valence-electron chi connectivity index (χ4n) is 1.42. The molecule has 0 bridgehead atoms. The summed E-state index contributed by atoms with van der Waals surface area (Å²) in [6.07, 6.45) is 0.0772. The second kappa shape index (κ2) is 5.25. The van der Waals surface area contributed by atoms with Crippen molar-refractivity contribution in [1.29, 1.82) is 0 Å². The van der Waals surface area contributed by atoms with Crippen LogP contribution in [0, 0.1) is 5.92 Å². The molecule has 1 fully saturated rings. The first-order valence-electron chi connectivity index (χ1n) is 5.25. The van der Waals surface area contributed by atoms with Gasteiger partial charge in [0.1, 0.15) is 0 Å². The fraction of sp³-hybridized carbons (Fsp3) is 1.00. The molecule has 2 N–H and O–H groups in total. The standard InChI is InChI=1S/C9H20N2O3S/c1-8(2)14-3-4-15(12,13)11-6-9(5-10)7-11/h8-9H,3-7,10H2,1-2H3. The van der Waals surface area contributed by atoms with E-state index < -0.39 is 10.0 Å². The molecule has 0 radical (unpaired) electrons. The first kappa shape index (κ1) is 12.9. The van der Waals surface area contributed by atoms with Crippen molar-refractivity contribution in [3.05, 3.63) is 0 Å². The Morgan fingerprint density at radius 3 is 2.53 bits per heavy atom. The normalized spacial score (nSPS) is 19.5. The van der Waals surface area contributed by atoms with E-state index in [0.29, 0.717) is 25.6 Å². The average Bonchev–Trinajstić information content (AvgIpc) is 2.00. The summed E-state index contributed by atoms with van der Waals surface area (Å²) in [6, 6.07) is 0. The van der Waals surface area contributed by atoms with E-state index in [9.17, 15) is 8.42 Å². The van der Waals surface area contributed by atoms with Crippen LogP contribution < -0.4 is 5.73 Å². The Morgan fingerprint density at radius 1 is 1.47 bits per heavy atom. The molecule has 1 saturated heterocycles. The number of ether oxygens (including phenoxy) is 1. The van der Waals surface area contributed by atoms with Gasteiger partial charge in [0.05, 0.1) is 18.5 Å². The van der Waals surface area contributed by atoms with Gasteiger partial charge < -0.3 is 10.5 Å². The first-order valence-corrected chi connectivity index (χ1v) is 6.86. The highest BCUT2D eigenvalue weighted by Gasteiger charge is 2.34. The van der Waals surface area contributed by atoms with Crippen LogP contribution in [0.3, 0.4) is 0 Å². The van der Waals surface area contributed by atoms with Crippen LogP contribution >= 0.6 is 0 Å². The molecule has 1 heterocycles. The largest absolute Gasteiger partial charge is 0.378 e. The fourth-order valence-corrected chi connectivity index (χ4v) is 2.86. The average molecular weight is 236 g/mol. The topological polar surface area (TPSA) is 72.6 Å². The smallest absolute Gasteiger partial charge is 0.216 e. The molecule has 0 aromatic carbocycles. The predicted octanol–water partition coefficient (Wildman–Crippen LogP) is -0.368. The maximum absolute atomic E-state index is 11.7. The molecular formula is C9H20N2O3S. The predicted molar refractivity (Wildman–Crippen MR) is 59.0 cm³/mol. The van der Waals surface area contributed by atoms with Crippen molar-refractivity contribution in [2.24, 2.45) is 11.7 Å². The minimum absolute atomic E-state index is 0.0719. The van der Waals surface area contributed by atoms with Gasteiger partial charge >= 0.3 is 0 Å². The maximum atomic E-state index is 11.7. The van der Waals surface area contributed by atoms with Gasteiger partial charge in [-0.25, -0.2) is 12.7 Å². The number of nitrogens with two attached hydrogens (primary N) is 1. The molecule has 1 aliphatic rings. The van der Waals surface area contributed by atoms with Crippen molar-refractivity contribution in [2.75, 3.05) is 32.0 Å². The highest BCUT2D eigenvalue weighted by Crippen LogP contribution is 2.18. The summed E-state index contributed by atoms with van der Waals surface area (Å²) in [6.45, 7) is 5.75. The first-order chi connectivity index (χ1) is 6.95. The molecule has 0 aliphatic carbocycles. The van der Waals surface area contributed by atoms with Gasteiger partial charge in [-0.15, -0.1) is 0 Å². The van der Waals surface area contributed by atoms with Crippen LogP contribution in [0.2, 0.25) is 0 Å². The van der Waals surface area contributed by atoms with Gasteiger partial charge in [-0.1, -0.05) is 0 Å². The highest BCUT2D eigenvalue weighted by atomic mass is 32.2. The summed E-state index contributed by atoms with van der Waals surface area (Å²) in [5.41, 5.74) is 5.43. The van der Waals surface area contributed by atoms with Crippen LogP contribution in [0.5, 0.6) is 0 Å². The zero-order chi connectivity index (χ0) is 11.5. The third kappa shape index (κ3) is 3.71. The van der Waals surface area contributed by atoms with E-state index in [4.69, 9.17) is 10.5 Å². The lowest BCUT2D eigenvalue weighted by Gasteiger charge is -2.37. The Morgan fingerprint density at radius 2 is 2.07 bits per heavy atom. The zero-order valence-electron chi connectivity index (χ0n) is 9.35. The molecule has 0 amide bonds. The van der Waals surface area contributed by atoms with Crippen molar-refractivity contribution in [3.8, 4) is 0 Å². The van der Waals surface area contributed by atoms with Gasteiger partial charge in [-0.05, 0) is 26.3 Å². The van der Waals surface area contributed by atoms with Crippen molar-refractivity contribution in [3.63, 3.8) is 0 Å². The number of nitrogens with zero attached hydrogens (tertiary/aromatic N) is 1. The van der Waals surface area contributed by atoms with Gasteiger partial charge in [0.25, 0.3) is 0 Å². The van der Waals surface area contributed by atoms with Crippen molar-refractivity contribution in [2.45, 2.75) is 20.0 Å². The van der Waals surface area contributed by atoms with Crippen molar-refractivity contribution >= 4 is 10.0 Å². The lowest BCUT2D eigenvalue weighted by atomic mass is 10.0. The van der Waals surface area contributed by atoms with Gasteiger partial charge in [0, 0.05) is 13.1 Å².